The van der Waals surface area contributed by atoms with Gasteiger partial charge in [0.1, 0.15) is 11.6 Å². The standard InChI is InChI=1S/C22H32N6O/c1-17-25-19(15-21(26-17)23-9-10-28-11-13-29-14-12-28)16-27(2)20-7-3-5-18-6-4-8-24-22(18)20/h4,6,8,15,20H,3,5,7,9-14,16H2,1-2H3,(H,23,25,26)/t20-/m0/s1. The number of aromatic nitrogens is 3. The van der Waals surface area contributed by atoms with Gasteiger partial charge in [-0.15, -0.1) is 0 Å². The number of rotatable bonds is 7. The molecule has 1 N–H and O–H groups in total. The van der Waals surface area contributed by atoms with Crippen molar-refractivity contribution in [3.8, 4) is 0 Å². The third kappa shape index (κ3) is 5.29. The molecule has 0 radical (unpaired) electrons. The third-order valence-electron chi connectivity index (χ3n) is 5.84. The molecule has 1 fully saturated rings. The average molecular weight is 397 g/mol. The monoisotopic (exact) mass is 396 g/mol. The summed E-state index contributed by atoms with van der Waals surface area (Å²) in [5.41, 5.74) is 3.67. The first-order chi connectivity index (χ1) is 14.2. The van der Waals surface area contributed by atoms with Crippen molar-refractivity contribution < 1.29 is 4.74 Å². The molecule has 0 amide bonds. The SMILES string of the molecule is Cc1nc(CN(C)[C@H]2CCCc3cccnc32)cc(NCCN2CCOCC2)n1. The Labute approximate surface area is 173 Å². The van der Waals surface area contributed by atoms with Crippen molar-refractivity contribution >= 4 is 5.82 Å². The van der Waals surface area contributed by atoms with E-state index in [4.69, 9.17) is 4.74 Å². The lowest BCUT2D eigenvalue weighted by Gasteiger charge is -2.32. The van der Waals surface area contributed by atoms with Crippen LogP contribution in [0.1, 0.15) is 41.7 Å². The Bertz CT molecular complexity index is 808. The maximum atomic E-state index is 5.41. The predicted octanol–water partition coefficient (Wildman–Crippen LogP) is 2.43. The summed E-state index contributed by atoms with van der Waals surface area (Å²) in [6, 6.07) is 6.70. The molecule has 7 nitrogen and oxygen atoms in total. The van der Waals surface area contributed by atoms with E-state index in [-0.39, 0.29) is 0 Å². The smallest absolute Gasteiger partial charge is 0.130 e. The number of ether oxygens (including phenoxy) is 1. The molecule has 7 heteroatoms. The first kappa shape index (κ1) is 20.2. The minimum atomic E-state index is 0.355. The molecule has 156 valence electrons. The number of nitrogens with zero attached hydrogens (tertiary/aromatic N) is 5. The van der Waals surface area contributed by atoms with Gasteiger partial charge in [0, 0.05) is 45.0 Å². The van der Waals surface area contributed by atoms with Crippen LogP contribution in [0, 0.1) is 6.92 Å². The zero-order valence-electron chi connectivity index (χ0n) is 17.6. The number of anilines is 1. The van der Waals surface area contributed by atoms with Crippen molar-refractivity contribution in [2.24, 2.45) is 0 Å². The van der Waals surface area contributed by atoms with Crippen molar-refractivity contribution in [3.63, 3.8) is 0 Å². The van der Waals surface area contributed by atoms with Gasteiger partial charge < -0.3 is 10.1 Å². The van der Waals surface area contributed by atoms with Crippen molar-refractivity contribution in [3.05, 3.63) is 47.2 Å². The highest BCUT2D eigenvalue weighted by molar-refractivity contribution is 5.36. The molecule has 0 saturated carbocycles. The Kier molecular flexibility index (Phi) is 6.69. The van der Waals surface area contributed by atoms with Crippen LogP contribution < -0.4 is 5.32 Å². The molecule has 2 aliphatic rings. The van der Waals surface area contributed by atoms with Gasteiger partial charge in [-0.1, -0.05) is 6.07 Å². The number of fused-ring (bicyclic) bond motifs is 1. The van der Waals surface area contributed by atoms with Crippen molar-refractivity contribution in [2.75, 3.05) is 51.8 Å². The quantitative estimate of drug-likeness (QED) is 0.771. The lowest BCUT2D eigenvalue weighted by molar-refractivity contribution is 0.0398. The Morgan fingerprint density at radius 2 is 2.14 bits per heavy atom. The van der Waals surface area contributed by atoms with E-state index in [1.54, 1.807) is 0 Å². The third-order valence-corrected chi connectivity index (χ3v) is 5.84. The molecule has 1 aliphatic heterocycles. The zero-order valence-corrected chi connectivity index (χ0v) is 17.6. The van der Waals surface area contributed by atoms with Crippen molar-refractivity contribution in [1.29, 1.82) is 0 Å². The normalized spacial score (nSPS) is 19.9. The maximum absolute atomic E-state index is 5.41. The van der Waals surface area contributed by atoms with E-state index in [0.29, 0.717) is 6.04 Å². The molecule has 1 saturated heterocycles. The van der Waals surface area contributed by atoms with Crippen LogP contribution in [0.2, 0.25) is 0 Å². The second-order valence-corrected chi connectivity index (χ2v) is 8.04. The van der Waals surface area contributed by atoms with Gasteiger partial charge in [0.15, 0.2) is 0 Å². The summed E-state index contributed by atoms with van der Waals surface area (Å²) in [4.78, 5) is 18.7. The number of pyridine rings is 1. The Hall–Kier alpha value is -2.09. The summed E-state index contributed by atoms with van der Waals surface area (Å²) in [6.45, 7) is 8.34. The van der Waals surface area contributed by atoms with Gasteiger partial charge in [-0.2, -0.15) is 0 Å². The van der Waals surface area contributed by atoms with E-state index >= 15 is 0 Å². The summed E-state index contributed by atoms with van der Waals surface area (Å²) in [7, 11) is 2.18. The second-order valence-electron chi connectivity index (χ2n) is 8.04. The molecule has 29 heavy (non-hydrogen) atoms. The summed E-state index contributed by atoms with van der Waals surface area (Å²) in [6.07, 6.45) is 5.41. The lowest BCUT2D eigenvalue weighted by atomic mass is 9.91. The second kappa shape index (κ2) is 9.61. The molecular formula is C22H32N6O. The molecule has 0 aromatic carbocycles. The van der Waals surface area contributed by atoms with E-state index in [9.17, 15) is 0 Å². The molecule has 1 aliphatic carbocycles. The van der Waals surface area contributed by atoms with Gasteiger partial charge in [-0.3, -0.25) is 14.8 Å². The Morgan fingerprint density at radius 1 is 1.28 bits per heavy atom. The van der Waals surface area contributed by atoms with Gasteiger partial charge in [0.2, 0.25) is 0 Å². The highest BCUT2D eigenvalue weighted by Crippen LogP contribution is 2.32. The van der Waals surface area contributed by atoms with E-state index in [1.165, 1.54) is 17.7 Å². The summed E-state index contributed by atoms with van der Waals surface area (Å²) < 4.78 is 5.41. The fourth-order valence-electron chi connectivity index (χ4n) is 4.35. The fourth-order valence-corrected chi connectivity index (χ4v) is 4.35. The molecular weight excluding hydrogens is 364 g/mol. The number of hydrogen-bond donors (Lipinski definition) is 1. The molecule has 0 unspecified atom stereocenters. The number of aryl methyl sites for hydroxylation is 2. The van der Waals surface area contributed by atoms with Gasteiger partial charge in [0.05, 0.1) is 30.6 Å². The van der Waals surface area contributed by atoms with E-state index in [0.717, 1.165) is 76.1 Å². The van der Waals surface area contributed by atoms with Crippen LogP contribution >= 0.6 is 0 Å². The minimum Gasteiger partial charge on any atom is -0.379 e. The van der Waals surface area contributed by atoms with Crippen molar-refractivity contribution in [2.45, 2.75) is 38.8 Å². The van der Waals surface area contributed by atoms with E-state index in [1.807, 2.05) is 19.2 Å². The molecule has 0 bridgehead atoms. The maximum Gasteiger partial charge on any atom is 0.130 e. The van der Waals surface area contributed by atoms with E-state index in [2.05, 4.69) is 49.2 Å². The molecule has 0 spiro atoms. The first-order valence-electron chi connectivity index (χ1n) is 10.7. The number of morpholine rings is 1. The number of hydrogen-bond acceptors (Lipinski definition) is 7. The van der Waals surface area contributed by atoms with Crippen LogP contribution in [-0.4, -0.2) is 71.2 Å². The number of nitrogens with one attached hydrogen (secondary N) is 1. The van der Waals surface area contributed by atoms with Crippen LogP contribution in [0.15, 0.2) is 24.4 Å². The summed E-state index contributed by atoms with van der Waals surface area (Å²) >= 11 is 0. The Balaban J connectivity index is 1.37. The first-order valence-corrected chi connectivity index (χ1v) is 10.7. The lowest BCUT2D eigenvalue weighted by Crippen LogP contribution is -2.39. The van der Waals surface area contributed by atoms with Gasteiger partial charge >= 0.3 is 0 Å². The molecule has 2 aromatic rings. The molecule has 4 rings (SSSR count). The Morgan fingerprint density at radius 3 is 3.00 bits per heavy atom. The topological polar surface area (TPSA) is 66.4 Å². The fraction of sp³-hybridized carbons (Fsp3) is 0.591. The predicted molar refractivity (Wildman–Crippen MR) is 114 cm³/mol. The zero-order chi connectivity index (χ0) is 20.1. The van der Waals surface area contributed by atoms with Gasteiger partial charge in [0.25, 0.3) is 0 Å². The molecule has 3 heterocycles. The minimum absolute atomic E-state index is 0.355. The molecule has 1 atom stereocenters. The summed E-state index contributed by atoms with van der Waals surface area (Å²) in [5, 5.41) is 3.48. The summed E-state index contributed by atoms with van der Waals surface area (Å²) in [5.74, 6) is 1.73. The molecule has 2 aromatic heterocycles. The highest BCUT2D eigenvalue weighted by Gasteiger charge is 2.25. The van der Waals surface area contributed by atoms with Crippen LogP contribution in [-0.2, 0) is 17.7 Å². The van der Waals surface area contributed by atoms with Crippen molar-refractivity contribution in [1.82, 2.24) is 24.8 Å². The van der Waals surface area contributed by atoms with Crippen LogP contribution in [0.25, 0.3) is 0 Å². The average Bonchev–Trinajstić information content (AvgIpc) is 2.73. The van der Waals surface area contributed by atoms with Crippen LogP contribution in [0.5, 0.6) is 0 Å². The highest BCUT2D eigenvalue weighted by atomic mass is 16.5. The van der Waals surface area contributed by atoms with E-state index < -0.39 is 0 Å². The largest absolute Gasteiger partial charge is 0.379 e. The van der Waals surface area contributed by atoms with Crippen LogP contribution in [0.4, 0.5) is 5.82 Å². The van der Waals surface area contributed by atoms with Gasteiger partial charge in [-0.05, 0) is 44.9 Å². The van der Waals surface area contributed by atoms with Crippen LogP contribution in [0.3, 0.4) is 0 Å². The van der Waals surface area contributed by atoms with Gasteiger partial charge in [-0.25, -0.2) is 9.97 Å².